The molecule has 0 saturated carbocycles. The molecule has 0 spiro atoms. The number of hydrogen-bond donors (Lipinski definition) is 1. The molecule has 19 heavy (non-hydrogen) atoms. The Kier molecular flexibility index (Phi) is 5.22. The summed E-state index contributed by atoms with van der Waals surface area (Å²) >= 11 is 6.22. The topological polar surface area (TPSA) is 24.5 Å². The summed E-state index contributed by atoms with van der Waals surface area (Å²) in [5.74, 6) is 0. The van der Waals surface area contributed by atoms with E-state index in [1.54, 1.807) is 0 Å². The molecular formula is C15H23ClN2O. The fourth-order valence-electron chi connectivity index (χ4n) is 2.89. The third kappa shape index (κ3) is 3.93. The molecule has 1 atom stereocenters. The minimum Gasteiger partial charge on any atom is -0.381 e. The van der Waals surface area contributed by atoms with Gasteiger partial charge in [-0.05, 0) is 32.1 Å². The highest BCUT2D eigenvalue weighted by atomic mass is 35.5. The number of ether oxygens (including phenoxy) is 1. The van der Waals surface area contributed by atoms with E-state index in [9.17, 15) is 0 Å². The molecule has 1 aromatic rings. The molecule has 0 radical (unpaired) electrons. The first-order valence-electron chi connectivity index (χ1n) is 6.79. The van der Waals surface area contributed by atoms with Crippen LogP contribution in [0.2, 0.25) is 5.02 Å². The summed E-state index contributed by atoms with van der Waals surface area (Å²) in [6, 6.07) is 8.05. The normalized spacial score (nSPS) is 23.2. The fraction of sp³-hybridized carbons (Fsp3) is 0.600. The zero-order valence-electron chi connectivity index (χ0n) is 11.8. The summed E-state index contributed by atoms with van der Waals surface area (Å²) in [6.45, 7) is 4.63. The minimum atomic E-state index is 0.241. The molecule has 1 fully saturated rings. The van der Waals surface area contributed by atoms with Crippen LogP contribution in [0.15, 0.2) is 24.3 Å². The van der Waals surface area contributed by atoms with Crippen LogP contribution in [0.3, 0.4) is 0 Å². The van der Waals surface area contributed by atoms with E-state index < -0.39 is 0 Å². The summed E-state index contributed by atoms with van der Waals surface area (Å²) in [7, 11) is 4.16. The van der Waals surface area contributed by atoms with Crippen molar-refractivity contribution in [3.05, 3.63) is 34.9 Å². The predicted molar refractivity (Wildman–Crippen MR) is 79.6 cm³/mol. The van der Waals surface area contributed by atoms with E-state index >= 15 is 0 Å². The van der Waals surface area contributed by atoms with E-state index in [-0.39, 0.29) is 5.41 Å². The van der Waals surface area contributed by atoms with Crippen LogP contribution in [0.4, 0.5) is 0 Å². The maximum absolute atomic E-state index is 6.22. The Bertz CT molecular complexity index is 405. The summed E-state index contributed by atoms with van der Waals surface area (Å²) in [6.07, 6.45) is 1.13. The number of hydrogen-bond acceptors (Lipinski definition) is 3. The van der Waals surface area contributed by atoms with Crippen LogP contribution in [0, 0.1) is 5.41 Å². The van der Waals surface area contributed by atoms with E-state index in [0.29, 0.717) is 0 Å². The molecule has 0 amide bonds. The van der Waals surface area contributed by atoms with Crippen molar-refractivity contribution in [3.8, 4) is 0 Å². The number of rotatable bonds is 6. The van der Waals surface area contributed by atoms with Crippen molar-refractivity contribution in [1.82, 2.24) is 10.2 Å². The molecule has 1 aliphatic rings. The first kappa shape index (κ1) is 14.8. The van der Waals surface area contributed by atoms with Gasteiger partial charge in [0.15, 0.2) is 0 Å². The smallest absolute Gasteiger partial charge is 0.0547 e. The molecule has 1 unspecified atom stereocenters. The van der Waals surface area contributed by atoms with Crippen LogP contribution in [0.25, 0.3) is 0 Å². The van der Waals surface area contributed by atoms with E-state index in [1.807, 2.05) is 25.2 Å². The predicted octanol–water partition coefficient (Wildman–Crippen LogP) is 2.40. The molecule has 1 aliphatic heterocycles. The van der Waals surface area contributed by atoms with Gasteiger partial charge in [0, 0.05) is 36.7 Å². The molecule has 0 aliphatic carbocycles. The minimum absolute atomic E-state index is 0.241. The molecule has 4 heteroatoms. The number of benzene rings is 1. The average molecular weight is 283 g/mol. The molecule has 3 nitrogen and oxygen atoms in total. The Hall–Kier alpha value is -0.610. The number of nitrogens with zero attached hydrogens (tertiary/aromatic N) is 1. The molecule has 1 heterocycles. The van der Waals surface area contributed by atoms with Crippen LogP contribution >= 0.6 is 11.6 Å². The van der Waals surface area contributed by atoms with Crippen LogP contribution in [-0.4, -0.2) is 45.3 Å². The van der Waals surface area contributed by atoms with Gasteiger partial charge >= 0.3 is 0 Å². The van der Waals surface area contributed by atoms with E-state index in [2.05, 4.69) is 23.3 Å². The standard InChI is InChI=1S/C15H23ClN2O/c1-17-10-15(7-8-19-12-15)11-18(2)9-13-5-3-4-6-14(13)16/h3-6,17H,7-12H2,1-2H3. The zero-order chi connectivity index (χ0) is 13.7. The maximum Gasteiger partial charge on any atom is 0.0547 e. The van der Waals surface area contributed by atoms with Gasteiger partial charge in [0.1, 0.15) is 0 Å². The first-order valence-corrected chi connectivity index (χ1v) is 7.17. The summed E-state index contributed by atoms with van der Waals surface area (Å²) in [5.41, 5.74) is 1.43. The van der Waals surface area contributed by atoms with Crippen molar-refractivity contribution in [3.63, 3.8) is 0 Å². The van der Waals surface area contributed by atoms with Gasteiger partial charge in [0.2, 0.25) is 0 Å². The van der Waals surface area contributed by atoms with Gasteiger partial charge in [-0.2, -0.15) is 0 Å². The number of nitrogens with one attached hydrogen (secondary N) is 1. The summed E-state index contributed by atoms with van der Waals surface area (Å²) in [5, 5.41) is 4.15. The molecule has 1 N–H and O–H groups in total. The van der Waals surface area contributed by atoms with Crippen LogP contribution < -0.4 is 5.32 Å². The monoisotopic (exact) mass is 282 g/mol. The SMILES string of the molecule is CNCC1(CN(C)Cc2ccccc2Cl)CCOC1. The third-order valence-corrected chi connectivity index (χ3v) is 4.11. The van der Waals surface area contributed by atoms with Crippen molar-refractivity contribution in [2.24, 2.45) is 5.41 Å². The lowest BCUT2D eigenvalue weighted by Gasteiger charge is -2.32. The highest BCUT2D eigenvalue weighted by Crippen LogP contribution is 2.29. The zero-order valence-corrected chi connectivity index (χ0v) is 12.5. The molecule has 1 aromatic carbocycles. The lowest BCUT2D eigenvalue weighted by molar-refractivity contribution is 0.118. The van der Waals surface area contributed by atoms with Gasteiger partial charge in [0.05, 0.1) is 6.61 Å². The lowest BCUT2D eigenvalue weighted by atomic mass is 9.86. The van der Waals surface area contributed by atoms with E-state index in [0.717, 1.165) is 44.3 Å². The van der Waals surface area contributed by atoms with Crippen molar-refractivity contribution in [2.75, 3.05) is 40.4 Å². The molecule has 1 saturated heterocycles. The molecule has 106 valence electrons. The molecule has 2 rings (SSSR count). The maximum atomic E-state index is 6.22. The highest BCUT2D eigenvalue weighted by Gasteiger charge is 2.35. The second-order valence-electron chi connectivity index (χ2n) is 5.60. The third-order valence-electron chi connectivity index (χ3n) is 3.74. The quantitative estimate of drug-likeness (QED) is 0.867. The molecular weight excluding hydrogens is 260 g/mol. The number of halogens is 1. The van der Waals surface area contributed by atoms with Gasteiger partial charge < -0.3 is 15.0 Å². The average Bonchev–Trinajstić information content (AvgIpc) is 2.81. The van der Waals surface area contributed by atoms with Crippen molar-refractivity contribution in [1.29, 1.82) is 0 Å². The molecule has 0 aromatic heterocycles. The second kappa shape index (κ2) is 6.71. The Morgan fingerprint density at radius 3 is 2.84 bits per heavy atom. The van der Waals surface area contributed by atoms with Gasteiger partial charge in [-0.15, -0.1) is 0 Å². The van der Waals surface area contributed by atoms with Gasteiger partial charge in [0.25, 0.3) is 0 Å². The van der Waals surface area contributed by atoms with Crippen molar-refractivity contribution in [2.45, 2.75) is 13.0 Å². The molecule has 0 bridgehead atoms. The Morgan fingerprint density at radius 2 is 2.21 bits per heavy atom. The Morgan fingerprint density at radius 1 is 1.42 bits per heavy atom. The fourth-order valence-corrected chi connectivity index (χ4v) is 3.09. The lowest BCUT2D eigenvalue weighted by Crippen LogP contribution is -2.42. The van der Waals surface area contributed by atoms with Gasteiger partial charge in [-0.1, -0.05) is 29.8 Å². The Balaban J connectivity index is 1.96. The van der Waals surface area contributed by atoms with Crippen LogP contribution in [0.1, 0.15) is 12.0 Å². The van der Waals surface area contributed by atoms with E-state index in [4.69, 9.17) is 16.3 Å². The summed E-state index contributed by atoms with van der Waals surface area (Å²) < 4.78 is 5.60. The van der Waals surface area contributed by atoms with Gasteiger partial charge in [-0.25, -0.2) is 0 Å². The van der Waals surface area contributed by atoms with Crippen LogP contribution in [-0.2, 0) is 11.3 Å². The van der Waals surface area contributed by atoms with E-state index in [1.165, 1.54) is 5.56 Å². The summed E-state index contributed by atoms with van der Waals surface area (Å²) in [4.78, 5) is 2.34. The van der Waals surface area contributed by atoms with Crippen LogP contribution in [0.5, 0.6) is 0 Å². The Labute approximate surface area is 120 Å². The van der Waals surface area contributed by atoms with Crippen molar-refractivity contribution >= 4 is 11.6 Å². The largest absolute Gasteiger partial charge is 0.381 e. The highest BCUT2D eigenvalue weighted by molar-refractivity contribution is 6.31. The second-order valence-corrected chi connectivity index (χ2v) is 6.00. The van der Waals surface area contributed by atoms with Crippen molar-refractivity contribution < 1.29 is 4.74 Å². The first-order chi connectivity index (χ1) is 9.15. The van der Waals surface area contributed by atoms with Gasteiger partial charge in [-0.3, -0.25) is 0 Å².